The van der Waals surface area contributed by atoms with Gasteiger partial charge in [0.1, 0.15) is 18.0 Å². The third-order valence-electron chi connectivity index (χ3n) is 21.2. The van der Waals surface area contributed by atoms with Crippen molar-refractivity contribution < 1.29 is 41.2 Å². The number of hydrogen-bond donors (Lipinski definition) is 2. The highest BCUT2D eigenvalue weighted by Crippen LogP contribution is 2.33. The molecule has 1 aliphatic carbocycles. The number of fused-ring (bicyclic) bond motifs is 4. The van der Waals surface area contributed by atoms with Crippen LogP contribution in [0.5, 0.6) is 5.88 Å². The molecule has 2 N–H and O–H groups in total. The summed E-state index contributed by atoms with van der Waals surface area (Å²) >= 11 is 2.05. The molecule has 7 aromatic heterocycles. The van der Waals surface area contributed by atoms with Crippen molar-refractivity contribution in [2.75, 3.05) is 55.7 Å². The van der Waals surface area contributed by atoms with Crippen LogP contribution >= 0.6 is 11.3 Å². The fourth-order valence-electron chi connectivity index (χ4n) is 13.5. The summed E-state index contributed by atoms with van der Waals surface area (Å²) in [6.07, 6.45) is 23.5. The number of rotatable bonds is 16. The zero-order chi connectivity index (χ0) is 80.5. The first-order valence-electron chi connectivity index (χ1n) is 41.6. The first-order chi connectivity index (χ1) is 50.2. The minimum absolute atomic E-state index is 0.432. The predicted octanol–water partition coefficient (Wildman–Crippen LogP) is 19.3. The lowest BCUT2D eigenvalue weighted by atomic mass is 10.1. The SMILES string of the molecule is CC(C)N1CCOc2c1ccc[n+]2C(C)C.CC(C)N1CCc2c(ccc[n+]2C(C)C)N1.CC(C)N1NCCc2c1ccc[n+]2C(C)C.CC(C)[N+](C)(C)C(C)C.CC(C)c1cc[n+](C(C)C)cc1.CC(C)c1ccc[n+](C(C)C)c1.CC(C)c1cccc[n+]1C(C)C.CC(C)c1sc2c([n+]1C(C)C)CCC2. The van der Waals surface area contributed by atoms with Crippen LogP contribution in [0.15, 0.2) is 128 Å². The van der Waals surface area contributed by atoms with E-state index in [2.05, 4.69) is 422 Å². The van der Waals surface area contributed by atoms with E-state index in [4.69, 9.17) is 4.74 Å². The molecule has 0 bridgehead atoms. The molecule has 596 valence electrons. The number of hydrogen-bond acceptors (Lipinski definition) is 7. The Morgan fingerprint density at radius 3 is 1.43 bits per heavy atom. The molecular weight excluding hydrogens is 1340 g/mol. The van der Waals surface area contributed by atoms with Crippen LogP contribution in [0.25, 0.3) is 0 Å². The molecule has 0 aromatic carbocycles. The number of thiazole rings is 1. The van der Waals surface area contributed by atoms with Crippen molar-refractivity contribution >= 4 is 28.4 Å². The molecule has 4 aliphatic rings. The summed E-state index contributed by atoms with van der Waals surface area (Å²) in [6, 6.07) is 34.8. The Morgan fingerprint density at radius 2 is 0.953 bits per heavy atom. The Morgan fingerprint density at radius 1 is 0.421 bits per heavy atom. The van der Waals surface area contributed by atoms with E-state index in [1.54, 1.807) is 15.6 Å². The molecule has 107 heavy (non-hydrogen) atoms. The van der Waals surface area contributed by atoms with Gasteiger partial charge in [-0.2, -0.15) is 18.3 Å². The van der Waals surface area contributed by atoms with Gasteiger partial charge < -0.3 is 24.6 Å². The summed E-state index contributed by atoms with van der Waals surface area (Å²) in [6.45, 7) is 75.3. The number of anilines is 3. The predicted molar refractivity (Wildman–Crippen MR) is 454 cm³/mol. The van der Waals surface area contributed by atoms with Gasteiger partial charge >= 0.3 is 5.88 Å². The molecule has 3 aliphatic heterocycles. The number of ether oxygens (including phenoxy) is 1. The second-order valence-electron chi connectivity index (χ2n) is 34.9. The van der Waals surface area contributed by atoms with Crippen molar-refractivity contribution in [2.24, 2.45) is 0 Å². The summed E-state index contributed by atoms with van der Waals surface area (Å²) in [4.78, 5) is 4.06. The number of aryl methyl sites for hydroxylation is 1. The summed E-state index contributed by atoms with van der Waals surface area (Å²) < 4.78 is 23.2. The van der Waals surface area contributed by atoms with E-state index in [-0.39, 0.29) is 0 Å². The standard InChI is InChI=1S/2C13H22N3.C13H21N2O.C12H20NS.3C11H18N.C8H20N/c1-10(2)15-9-5-6-13-12(15)7-8-14-16(13)11(3)4;1-10(2)15-8-5-6-12-13(15)7-9-16(14-12)11(3)4;1-10(2)14-8-9-16-13-12(14)6-5-7-15(13)11(3)4;1-8(2)12-13(9(3)4)10-6-5-7-11(10)14-12;1-9(2)11-5-7-12(8-6-11)10(3)4;1-9(2)11-6-5-7-12(8-11)10(3)4;1-9(2)11-7-5-6-8-12(11)10(3)4;1-7(2)9(5,6)8(3)4/h5-6,9-11,14H,7-8H2,1-4H3;5-6,8,10-11,14H,7,9H2,1-4H3;5-7,10-11H,8-9H2,1-4H3;8-9H,5-7H2,1-4H3;3*5-10H,1-4H3;7-8H,1-6H3/q8*+1. The van der Waals surface area contributed by atoms with E-state index in [9.17, 15) is 0 Å². The molecule has 0 atom stereocenters. The van der Waals surface area contributed by atoms with Gasteiger partial charge in [-0.25, -0.2) is 24.1 Å². The molecule has 0 amide bonds. The molecule has 10 heterocycles. The van der Waals surface area contributed by atoms with Gasteiger partial charge in [-0.05, 0) is 221 Å². The maximum atomic E-state index is 5.82. The van der Waals surface area contributed by atoms with Crippen LogP contribution in [0.3, 0.4) is 0 Å². The van der Waals surface area contributed by atoms with Crippen molar-refractivity contribution in [2.45, 2.75) is 350 Å². The minimum atomic E-state index is 0.432. The van der Waals surface area contributed by atoms with Crippen molar-refractivity contribution in [3.8, 4) is 5.88 Å². The van der Waals surface area contributed by atoms with Crippen molar-refractivity contribution in [1.82, 2.24) is 10.4 Å². The Balaban J connectivity index is 0.000000260. The number of quaternary nitrogens is 1. The van der Waals surface area contributed by atoms with Gasteiger partial charge in [0.2, 0.25) is 16.4 Å². The quantitative estimate of drug-likeness (QED) is 0.0742. The van der Waals surface area contributed by atoms with Crippen molar-refractivity contribution in [3.05, 3.63) is 172 Å². The molecule has 0 saturated heterocycles. The molecule has 15 heteroatoms. The minimum Gasteiger partial charge on any atom is -0.441 e. The molecule has 7 aromatic rings. The Hall–Kier alpha value is -6.39. The normalized spacial score (nSPS) is 14.0. The highest BCUT2D eigenvalue weighted by atomic mass is 32.1. The van der Waals surface area contributed by atoms with Crippen LogP contribution < -0.4 is 57.5 Å². The van der Waals surface area contributed by atoms with Crippen molar-refractivity contribution in [1.29, 1.82) is 0 Å². The lowest BCUT2D eigenvalue weighted by Gasteiger charge is -2.38. The van der Waals surface area contributed by atoms with Crippen LogP contribution in [0.1, 0.15) is 338 Å². The van der Waals surface area contributed by atoms with Gasteiger partial charge in [0.15, 0.2) is 109 Å². The molecular formula is C92H159N13OS+8. The van der Waals surface area contributed by atoms with Gasteiger partial charge in [-0.3, -0.25) is 0 Å². The monoisotopic (exact) mass is 1490 g/mol. The fraction of sp³-hybridized carbons (Fsp3) is 0.641. The Kier molecular flexibility index (Phi) is 38.6. The van der Waals surface area contributed by atoms with Gasteiger partial charge in [-0.1, -0.05) is 72.8 Å². The highest BCUT2D eigenvalue weighted by Gasteiger charge is 2.34. The zero-order valence-electron chi connectivity index (χ0n) is 74.5. The average molecular weight is 1500 g/mol. The van der Waals surface area contributed by atoms with Crippen LogP contribution in [0, 0.1) is 0 Å². The van der Waals surface area contributed by atoms with Gasteiger partial charge in [0.05, 0.1) is 37.6 Å². The number of hydrazine groups is 2. The summed E-state index contributed by atoms with van der Waals surface area (Å²) in [5.41, 5.74) is 19.5. The third-order valence-corrected chi connectivity index (χ3v) is 22.7. The van der Waals surface area contributed by atoms with E-state index < -0.39 is 0 Å². The highest BCUT2D eigenvalue weighted by molar-refractivity contribution is 7.11. The number of nitrogens with zero attached hydrogens (tertiary/aromatic N) is 11. The Bertz CT molecular complexity index is 3530. The molecule has 0 fully saturated rings. The summed E-state index contributed by atoms with van der Waals surface area (Å²) in [7, 11) is 4.55. The van der Waals surface area contributed by atoms with Crippen LogP contribution in [0.4, 0.5) is 17.1 Å². The smallest absolute Gasteiger partial charge is 0.392 e. The summed E-state index contributed by atoms with van der Waals surface area (Å²) in [5, 5.41) is 6.15. The van der Waals surface area contributed by atoms with Crippen molar-refractivity contribution in [3.63, 3.8) is 0 Å². The largest absolute Gasteiger partial charge is 0.441 e. The van der Waals surface area contributed by atoms with Gasteiger partial charge in [-0.15, -0.1) is 0 Å². The van der Waals surface area contributed by atoms with E-state index in [0.717, 1.165) is 61.5 Å². The van der Waals surface area contributed by atoms with E-state index in [1.807, 2.05) is 11.3 Å². The lowest BCUT2D eigenvalue weighted by Crippen LogP contribution is -2.52. The topological polar surface area (TPSA) is 70.2 Å². The van der Waals surface area contributed by atoms with Gasteiger partial charge in [0.25, 0.3) is 0 Å². The van der Waals surface area contributed by atoms with Crippen LogP contribution in [-0.2, 0) is 25.7 Å². The second-order valence-corrected chi connectivity index (χ2v) is 36.0. The molecule has 11 rings (SSSR count). The maximum Gasteiger partial charge on any atom is 0.392 e. The molecule has 0 radical (unpaired) electrons. The van der Waals surface area contributed by atoms with E-state index in [0.29, 0.717) is 84.1 Å². The Labute approximate surface area is 659 Å². The van der Waals surface area contributed by atoms with Crippen LogP contribution in [0.2, 0.25) is 0 Å². The molecule has 14 nitrogen and oxygen atoms in total. The average Bonchev–Trinajstić information content (AvgIpc) is 1.73. The van der Waals surface area contributed by atoms with Gasteiger partial charge in [0, 0.05) is 116 Å². The summed E-state index contributed by atoms with van der Waals surface area (Å²) in [5.74, 6) is 3.54. The molecule has 0 spiro atoms. The van der Waals surface area contributed by atoms with E-state index >= 15 is 0 Å². The number of pyridine rings is 6. The number of aromatic nitrogens is 7. The first-order valence-corrected chi connectivity index (χ1v) is 42.4. The lowest BCUT2D eigenvalue weighted by molar-refractivity contribution is -0.931. The second kappa shape index (κ2) is 44.5. The van der Waals surface area contributed by atoms with Crippen LogP contribution in [-0.4, -0.2) is 80.0 Å². The first kappa shape index (κ1) is 93.0. The van der Waals surface area contributed by atoms with E-state index in [1.165, 1.54) is 64.5 Å². The molecule has 0 unspecified atom stereocenters. The number of nitrogens with one attached hydrogen (secondary N) is 2. The molecule has 0 saturated carbocycles. The maximum absolute atomic E-state index is 5.82. The fourth-order valence-corrected chi connectivity index (χ4v) is 14.9. The zero-order valence-corrected chi connectivity index (χ0v) is 75.3. The third kappa shape index (κ3) is 27.5.